The van der Waals surface area contributed by atoms with Gasteiger partial charge in [0.05, 0.1) is 0 Å². The predicted octanol–water partition coefficient (Wildman–Crippen LogP) is 0.640. The van der Waals surface area contributed by atoms with Crippen LogP contribution < -0.4 is 11.2 Å². The summed E-state index contributed by atoms with van der Waals surface area (Å²) in [5.41, 5.74) is 0.234. The molecule has 0 saturated carbocycles. The fourth-order valence-corrected chi connectivity index (χ4v) is 1.45. The molecule has 0 bridgehead atoms. The first-order valence-electron chi connectivity index (χ1n) is 4.41. The minimum Gasteiger partial charge on any atom is -0.301 e. The van der Waals surface area contributed by atoms with Gasteiger partial charge in [-0.1, -0.05) is 15.9 Å². The second-order valence-corrected chi connectivity index (χ2v) is 3.95. The lowest BCUT2D eigenvalue weighted by molar-refractivity contribution is 0.577. The molecule has 14 heavy (non-hydrogen) atoms. The highest BCUT2D eigenvalue weighted by Gasteiger charge is 2.04. The molecule has 0 radical (unpaired) electrons. The zero-order valence-corrected chi connectivity index (χ0v) is 9.87. The Morgan fingerprint density at radius 3 is 2.64 bits per heavy atom. The lowest BCUT2D eigenvalue weighted by atomic mass is 10.4. The average Bonchev–Trinajstić information content (AvgIpc) is 2.14. The molecule has 0 saturated heterocycles. The normalized spacial score (nSPS) is 10.5. The first-order chi connectivity index (χ1) is 6.57. The summed E-state index contributed by atoms with van der Waals surface area (Å²) in [6.07, 6.45) is 0.776. The summed E-state index contributed by atoms with van der Waals surface area (Å²) < 4.78 is 2.74. The molecule has 1 rings (SSSR count). The molecule has 0 amide bonds. The molecule has 1 heterocycles. The summed E-state index contributed by atoms with van der Waals surface area (Å²) in [6.45, 7) is 2.22. The van der Waals surface area contributed by atoms with Crippen LogP contribution in [0.25, 0.3) is 0 Å². The van der Waals surface area contributed by atoms with Crippen molar-refractivity contribution < 1.29 is 0 Å². The minimum absolute atomic E-state index is 0.216. The average molecular weight is 261 g/mol. The lowest BCUT2D eigenvalue weighted by Gasteiger charge is -2.07. The van der Waals surface area contributed by atoms with Crippen molar-refractivity contribution in [3.63, 3.8) is 0 Å². The van der Waals surface area contributed by atoms with Crippen molar-refractivity contribution in [3.8, 4) is 0 Å². The molecule has 0 fully saturated rings. The Kier molecular flexibility index (Phi) is 3.69. The predicted molar refractivity (Wildman–Crippen MR) is 59.1 cm³/mol. The van der Waals surface area contributed by atoms with E-state index in [1.807, 2.05) is 0 Å². The van der Waals surface area contributed by atoms with Crippen LogP contribution in [0.15, 0.2) is 15.7 Å². The molecular weight excluding hydrogens is 248 g/mol. The Morgan fingerprint density at radius 1 is 1.43 bits per heavy atom. The van der Waals surface area contributed by atoms with Gasteiger partial charge in [-0.15, -0.1) is 0 Å². The van der Waals surface area contributed by atoms with Gasteiger partial charge in [0.1, 0.15) is 0 Å². The standard InChI is InChI=1S/C9H13BrN2O2/c1-7-6-8(13)12(5-3-4-10)9(14)11(7)2/h6H,3-5H2,1-2H3. The van der Waals surface area contributed by atoms with Gasteiger partial charge in [0.15, 0.2) is 0 Å². The van der Waals surface area contributed by atoms with E-state index >= 15 is 0 Å². The molecule has 0 N–H and O–H groups in total. The molecule has 4 nitrogen and oxygen atoms in total. The van der Waals surface area contributed by atoms with Crippen LogP contribution in [0.4, 0.5) is 0 Å². The van der Waals surface area contributed by atoms with E-state index in [-0.39, 0.29) is 11.2 Å². The highest BCUT2D eigenvalue weighted by Crippen LogP contribution is 1.90. The van der Waals surface area contributed by atoms with E-state index in [1.54, 1.807) is 14.0 Å². The molecular formula is C9H13BrN2O2. The van der Waals surface area contributed by atoms with Crippen LogP contribution in [0, 0.1) is 6.92 Å². The van der Waals surface area contributed by atoms with Crippen molar-refractivity contribution in [2.75, 3.05) is 5.33 Å². The molecule has 0 spiro atoms. The zero-order valence-electron chi connectivity index (χ0n) is 8.29. The van der Waals surface area contributed by atoms with E-state index < -0.39 is 0 Å². The number of aromatic nitrogens is 2. The smallest absolute Gasteiger partial charge is 0.301 e. The van der Waals surface area contributed by atoms with Crippen LogP contribution in [0.5, 0.6) is 0 Å². The highest BCUT2D eigenvalue weighted by molar-refractivity contribution is 9.09. The fourth-order valence-electron chi connectivity index (χ4n) is 1.20. The largest absolute Gasteiger partial charge is 0.330 e. The summed E-state index contributed by atoms with van der Waals surface area (Å²) in [5, 5.41) is 0.788. The van der Waals surface area contributed by atoms with Gasteiger partial charge in [0.2, 0.25) is 0 Å². The summed E-state index contributed by atoms with van der Waals surface area (Å²) >= 11 is 3.26. The summed E-state index contributed by atoms with van der Waals surface area (Å²) in [6, 6.07) is 1.48. The summed E-state index contributed by atoms with van der Waals surface area (Å²) in [4.78, 5) is 23.1. The second-order valence-electron chi connectivity index (χ2n) is 3.16. The molecule has 0 unspecified atom stereocenters. The maximum absolute atomic E-state index is 11.6. The van der Waals surface area contributed by atoms with Crippen molar-refractivity contribution in [1.82, 2.24) is 9.13 Å². The van der Waals surface area contributed by atoms with Gasteiger partial charge in [-0.2, -0.15) is 0 Å². The number of alkyl halides is 1. The number of halogens is 1. The van der Waals surface area contributed by atoms with E-state index in [9.17, 15) is 9.59 Å². The third-order valence-corrected chi connectivity index (χ3v) is 2.72. The molecule has 0 aliphatic carbocycles. The zero-order chi connectivity index (χ0) is 10.7. The van der Waals surface area contributed by atoms with Crippen LogP contribution in [0.1, 0.15) is 12.1 Å². The molecule has 0 aromatic carbocycles. The van der Waals surface area contributed by atoms with Gasteiger partial charge in [0.25, 0.3) is 5.56 Å². The van der Waals surface area contributed by atoms with Crippen LogP contribution in [0.2, 0.25) is 0 Å². The Morgan fingerprint density at radius 2 is 2.07 bits per heavy atom. The van der Waals surface area contributed by atoms with Gasteiger partial charge in [-0.3, -0.25) is 9.36 Å². The van der Waals surface area contributed by atoms with Crippen LogP contribution >= 0.6 is 15.9 Å². The van der Waals surface area contributed by atoms with E-state index in [0.717, 1.165) is 11.8 Å². The number of aryl methyl sites for hydroxylation is 1. The van der Waals surface area contributed by atoms with Crippen molar-refractivity contribution in [1.29, 1.82) is 0 Å². The maximum atomic E-state index is 11.6. The third-order valence-electron chi connectivity index (χ3n) is 2.16. The van der Waals surface area contributed by atoms with Gasteiger partial charge in [0, 0.05) is 30.7 Å². The monoisotopic (exact) mass is 260 g/mol. The van der Waals surface area contributed by atoms with Crippen molar-refractivity contribution in [2.24, 2.45) is 7.05 Å². The molecule has 1 aromatic heterocycles. The first kappa shape index (κ1) is 11.2. The molecule has 0 aliphatic rings. The minimum atomic E-state index is -0.240. The van der Waals surface area contributed by atoms with E-state index in [2.05, 4.69) is 15.9 Å². The molecule has 0 atom stereocenters. The number of hydrogen-bond acceptors (Lipinski definition) is 2. The molecule has 5 heteroatoms. The highest BCUT2D eigenvalue weighted by atomic mass is 79.9. The second kappa shape index (κ2) is 4.59. The number of nitrogens with zero attached hydrogens (tertiary/aromatic N) is 2. The van der Waals surface area contributed by atoms with E-state index in [1.165, 1.54) is 15.2 Å². The quantitative estimate of drug-likeness (QED) is 0.749. The maximum Gasteiger partial charge on any atom is 0.330 e. The Hall–Kier alpha value is -0.840. The molecule has 78 valence electrons. The number of rotatable bonds is 3. The van der Waals surface area contributed by atoms with Crippen molar-refractivity contribution in [2.45, 2.75) is 19.9 Å². The third kappa shape index (κ3) is 2.15. The molecule has 1 aromatic rings. The molecule has 0 aliphatic heterocycles. The SMILES string of the molecule is Cc1cc(=O)n(CCCBr)c(=O)n1C. The van der Waals surface area contributed by atoms with Gasteiger partial charge in [-0.25, -0.2) is 4.79 Å². The first-order valence-corrected chi connectivity index (χ1v) is 5.53. The lowest BCUT2D eigenvalue weighted by Crippen LogP contribution is -2.39. The van der Waals surface area contributed by atoms with E-state index in [0.29, 0.717) is 12.2 Å². The van der Waals surface area contributed by atoms with Crippen LogP contribution in [-0.2, 0) is 13.6 Å². The topological polar surface area (TPSA) is 44.0 Å². The fraction of sp³-hybridized carbons (Fsp3) is 0.556. The van der Waals surface area contributed by atoms with Gasteiger partial charge < -0.3 is 4.57 Å². The summed E-state index contributed by atoms with van der Waals surface area (Å²) in [7, 11) is 1.67. The van der Waals surface area contributed by atoms with E-state index in [4.69, 9.17) is 0 Å². The van der Waals surface area contributed by atoms with Crippen molar-refractivity contribution >= 4 is 15.9 Å². The Bertz CT molecular complexity index is 433. The van der Waals surface area contributed by atoms with Gasteiger partial charge >= 0.3 is 5.69 Å². The van der Waals surface area contributed by atoms with Crippen LogP contribution in [-0.4, -0.2) is 14.5 Å². The Labute approximate surface area is 90.3 Å². The van der Waals surface area contributed by atoms with Crippen LogP contribution in [0.3, 0.4) is 0 Å². The summed E-state index contributed by atoms with van der Waals surface area (Å²) in [5.74, 6) is 0. The van der Waals surface area contributed by atoms with Gasteiger partial charge in [-0.05, 0) is 13.3 Å². The number of hydrogen-bond donors (Lipinski definition) is 0. The Balaban J connectivity index is 3.23. The van der Waals surface area contributed by atoms with Crippen molar-refractivity contribution in [3.05, 3.63) is 32.6 Å².